The lowest BCUT2D eigenvalue weighted by atomic mass is 10.0. The Morgan fingerprint density at radius 1 is 1.13 bits per heavy atom. The average Bonchev–Trinajstić information content (AvgIpc) is 2.28. The molecule has 0 spiro atoms. The first-order chi connectivity index (χ1) is 7.33. The average molecular weight is 199 g/mol. The van der Waals surface area contributed by atoms with E-state index in [1.807, 2.05) is 49.4 Å². The zero-order chi connectivity index (χ0) is 10.7. The summed E-state index contributed by atoms with van der Waals surface area (Å²) in [4.78, 5) is 0. The molecule has 0 unspecified atom stereocenters. The fourth-order valence-corrected chi connectivity index (χ4v) is 1.65. The summed E-state index contributed by atoms with van der Waals surface area (Å²) in [6.45, 7) is 2.42. The van der Waals surface area contributed by atoms with Crippen molar-refractivity contribution in [2.45, 2.75) is 6.92 Å². The molecule has 0 aliphatic carbocycles. The number of hydrogen-bond acceptors (Lipinski definition) is 2. The molecule has 15 heavy (non-hydrogen) atoms. The van der Waals surface area contributed by atoms with Crippen LogP contribution >= 0.6 is 0 Å². The molecule has 1 N–H and O–H groups in total. The minimum absolute atomic E-state index is 0.245. The van der Waals surface area contributed by atoms with Crippen LogP contribution in [-0.2, 0) is 4.74 Å². The van der Waals surface area contributed by atoms with E-state index in [1.165, 1.54) is 0 Å². The number of rotatable bonds is 2. The summed E-state index contributed by atoms with van der Waals surface area (Å²) in [7, 11) is 0. The van der Waals surface area contributed by atoms with Crippen molar-refractivity contribution < 1.29 is 4.74 Å². The van der Waals surface area contributed by atoms with Gasteiger partial charge in [-0.2, -0.15) is 0 Å². The molecule has 0 heterocycles. The van der Waals surface area contributed by atoms with Crippen molar-refractivity contribution in [2.24, 2.45) is 0 Å². The van der Waals surface area contributed by atoms with Gasteiger partial charge in [-0.05, 0) is 23.8 Å². The van der Waals surface area contributed by atoms with Crippen LogP contribution in [0.2, 0.25) is 0 Å². The summed E-state index contributed by atoms with van der Waals surface area (Å²) < 4.78 is 5.22. The zero-order valence-electron chi connectivity index (χ0n) is 8.66. The molecule has 0 saturated heterocycles. The monoisotopic (exact) mass is 199 g/mol. The highest BCUT2D eigenvalue weighted by molar-refractivity contribution is 6.05. The SMILES string of the molecule is CCOC(=N)c1cccc2ccccc12. The Labute approximate surface area is 89.0 Å². The first-order valence-corrected chi connectivity index (χ1v) is 5.02. The van der Waals surface area contributed by atoms with Crippen LogP contribution in [0.1, 0.15) is 12.5 Å². The van der Waals surface area contributed by atoms with Gasteiger partial charge in [-0.25, -0.2) is 0 Å². The Kier molecular flexibility index (Phi) is 2.68. The molecule has 2 heteroatoms. The Bertz CT molecular complexity index is 485. The normalized spacial score (nSPS) is 10.2. The lowest BCUT2D eigenvalue weighted by molar-refractivity contribution is 0.326. The summed E-state index contributed by atoms with van der Waals surface area (Å²) in [5, 5.41) is 10.00. The minimum Gasteiger partial charge on any atom is -0.478 e. The fourth-order valence-electron chi connectivity index (χ4n) is 1.65. The summed E-state index contributed by atoms with van der Waals surface area (Å²) in [5.74, 6) is 0.245. The van der Waals surface area contributed by atoms with E-state index in [4.69, 9.17) is 10.1 Å². The molecule has 0 saturated carbocycles. The molecular weight excluding hydrogens is 186 g/mol. The van der Waals surface area contributed by atoms with Gasteiger partial charge in [0.2, 0.25) is 5.90 Å². The number of fused-ring (bicyclic) bond motifs is 1. The first kappa shape index (κ1) is 9.71. The van der Waals surface area contributed by atoms with Crippen molar-refractivity contribution in [1.82, 2.24) is 0 Å². The van der Waals surface area contributed by atoms with Gasteiger partial charge in [-0.15, -0.1) is 0 Å². The van der Waals surface area contributed by atoms with Gasteiger partial charge in [0.05, 0.1) is 6.61 Å². The van der Waals surface area contributed by atoms with Crippen molar-refractivity contribution in [3.8, 4) is 0 Å². The summed E-state index contributed by atoms with van der Waals surface area (Å²) in [6.07, 6.45) is 0. The third-order valence-corrected chi connectivity index (χ3v) is 2.32. The highest BCUT2D eigenvalue weighted by Crippen LogP contribution is 2.18. The molecule has 2 rings (SSSR count). The molecule has 0 bridgehead atoms. The van der Waals surface area contributed by atoms with Gasteiger partial charge in [0.15, 0.2) is 0 Å². The fraction of sp³-hybridized carbons (Fsp3) is 0.154. The minimum atomic E-state index is 0.245. The first-order valence-electron chi connectivity index (χ1n) is 5.02. The maximum absolute atomic E-state index is 7.79. The third kappa shape index (κ3) is 1.84. The van der Waals surface area contributed by atoms with Crippen LogP contribution < -0.4 is 0 Å². The second-order valence-corrected chi connectivity index (χ2v) is 3.29. The van der Waals surface area contributed by atoms with Crippen LogP contribution in [0.5, 0.6) is 0 Å². The van der Waals surface area contributed by atoms with Crippen LogP contribution in [0.4, 0.5) is 0 Å². The van der Waals surface area contributed by atoms with E-state index in [2.05, 4.69) is 0 Å². The van der Waals surface area contributed by atoms with Gasteiger partial charge in [0.1, 0.15) is 0 Å². The van der Waals surface area contributed by atoms with Crippen molar-refractivity contribution in [3.63, 3.8) is 0 Å². The van der Waals surface area contributed by atoms with Crippen LogP contribution in [0.15, 0.2) is 42.5 Å². The van der Waals surface area contributed by atoms with E-state index in [-0.39, 0.29) is 5.90 Å². The van der Waals surface area contributed by atoms with Crippen molar-refractivity contribution in [1.29, 1.82) is 5.41 Å². The topological polar surface area (TPSA) is 33.1 Å². The van der Waals surface area contributed by atoms with Gasteiger partial charge in [-0.1, -0.05) is 36.4 Å². The smallest absolute Gasteiger partial charge is 0.213 e. The van der Waals surface area contributed by atoms with E-state index in [1.54, 1.807) is 0 Å². The van der Waals surface area contributed by atoms with Gasteiger partial charge in [0, 0.05) is 5.56 Å². The summed E-state index contributed by atoms with van der Waals surface area (Å²) >= 11 is 0. The van der Waals surface area contributed by atoms with Crippen LogP contribution in [0, 0.1) is 5.41 Å². The lowest BCUT2D eigenvalue weighted by Gasteiger charge is -2.07. The Hall–Kier alpha value is -1.83. The van der Waals surface area contributed by atoms with Gasteiger partial charge in [-0.3, -0.25) is 5.41 Å². The molecule has 2 aromatic rings. The van der Waals surface area contributed by atoms with E-state index in [0.29, 0.717) is 6.61 Å². The molecule has 0 aliphatic heterocycles. The van der Waals surface area contributed by atoms with E-state index >= 15 is 0 Å². The number of ether oxygens (including phenoxy) is 1. The standard InChI is InChI=1S/C13H13NO/c1-2-15-13(14)12-9-5-7-10-6-3-4-8-11(10)12/h3-9,14H,2H2,1H3. The number of nitrogens with one attached hydrogen (secondary N) is 1. The lowest BCUT2D eigenvalue weighted by Crippen LogP contribution is -2.05. The molecule has 2 nitrogen and oxygen atoms in total. The molecule has 0 atom stereocenters. The highest BCUT2D eigenvalue weighted by Gasteiger charge is 2.05. The van der Waals surface area contributed by atoms with Crippen LogP contribution in [0.3, 0.4) is 0 Å². The molecular formula is C13H13NO. The maximum Gasteiger partial charge on any atom is 0.213 e. The molecule has 76 valence electrons. The second-order valence-electron chi connectivity index (χ2n) is 3.29. The van der Waals surface area contributed by atoms with E-state index < -0.39 is 0 Å². The molecule has 0 amide bonds. The van der Waals surface area contributed by atoms with Crippen molar-refractivity contribution in [2.75, 3.05) is 6.61 Å². The predicted molar refractivity (Wildman–Crippen MR) is 62.4 cm³/mol. The quantitative estimate of drug-likeness (QED) is 0.584. The van der Waals surface area contributed by atoms with Gasteiger partial charge in [0.25, 0.3) is 0 Å². The summed E-state index contributed by atoms with van der Waals surface area (Å²) in [5.41, 5.74) is 0.856. The molecule has 0 fully saturated rings. The van der Waals surface area contributed by atoms with Crippen LogP contribution in [0.25, 0.3) is 10.8 Å². The van der Waals surface area contributed by atoms with Gasteiger partial charge < -0.3 is 4.74 Å². The predicted octanol–water partition coefficient (Wildman–Crippen LogP) is 3.20. The second kappa shape index (κ2) is 4.13. The van der Waals surface area contributed by atoms with E-state index in [0.717, 1.165) is 16.3 Å². The Morgan fingerprint density at radius 2 is 1.87 bits per heavy atom. The Balaban J connectivity index is 2.56. The van der Waals surface area contributed by atoms with Crippen molar-refractivity contribution in [3.05, 3.63) is 48.0 Å². The summed E-state index contributed by atoms with van der Waals surface area (Å²) in [6, 6.07) is 13.9. The van der Waals surface area contributed by atoms with Crippen LogP contribution in [-0.4, -0.2) is 12.5 Å². The highest BCUT2D eigenvalue weighted by atomic mass is 16.5. The molecule has 0 radical (unpaired) electrons. The maximum atomic E-state index is 7.79. The molecule has 2 aromatic carbocycles. The molecule has 0 aliphatic rings. The largest absolute Gasteiger partial charge is 0.478 e. The Morgan fingerprint density at radius 3 is 2.67 bits per heavy atom. The molecule has 0 aromatic heterocycles. The van der Waals surface area contributed by atoms with Gasteiger partial charge >= 0.3 is 0 Å². The van der Waals surface area contributed by atoms with Crippen molar-refractivity contribution >= 4 is 16.7 Å². The third-order valence-electron chi connectivity index (χ3n) is 2.32. The zero-order valence-corrected chi connectivity index (χ0v) is 8.66. The van der Waals surface area contributed by atoms with E-state index in [9.17, 15) is 0 Å². The number of benzene rings is 2. The number of hydrogen-bond donors (Lipinski definition) is 1.